The van der Waals surface area contributed by atoms with Crippen LogP contribution in [-0.2, 0) is 19.4 Å². The summed E-state index contributed by atoms with van der Waals surface area (Å²) in [5.74, 6) is 1.09. The first-order valence-electron chi connectivity index (χ1n) is 7.19. The van der Waals surface area contributed by atoms with Gasteiger partial charge in [-0.05, 0) is 58.0 Å². The molecule has 0 saturated heterocycles. The van der Waals surface area contributed by atoms with Crippen LogP contribution in [-0.4, -0.2) is 44.1 Å². The molecule has 0 aliphatic heterocycles. The number of hydrogen-bond donors (Lipinski definition) is 1. The average Bonchev–Trinajstić information content (AvgIpc) is 2.83. The highest BCUT2D eigenvalue weighted by atomic mass is 15.2. The maximum Gasteiger partial charge on any atom is 0.133 e. The molecular weight excluding hydrogens is 236 g/mol. The second-order valence-electron chi connectivity index (χ2n) is 5.71. The molecule has 0 bridgehead atoms. The van der Waals surface area contributed by atoms with Gasteiger partial charge in [-0.2, -0.15) is 0 Å². The molecule has 0 spiro atoms. The summed E-state index contributed by atoms with van der Waals surface area (Å²) < 4.78 is 0. The Morgan fingerprint density at radius 3 is 2.68 bits per heavy atom. The largest absolute Gasteiger partial charge is 0.359 e. The van der Waals surface area contributed by atoms with E-state index in [0.717, 1.165) is 31.7 Å². The van der Waals surface area contributed by atoms with Gasteiger partial charge in [-0.3, -0.25) is 0 Å². The zero-order chi connectivity index (χ0) is 13.8. The molecule has 0 amide bonds. The van der Waals surface area contributed by atoms with Gasteiger partial charge < -0.3 is 15.5 Å². The van der Waals surface area contributed by atoms with Gasteiger partial charge in [0.25, 0.3) is 0 Å². The molecule has 0 aromatic carbocycles. The standard InChI is InChI=1S/C15H26N4/c1-18(2)8-5-9-19(3)15-13(11-16)10-12-6-4-7-14(12)17-15/h10H,4-9,11,16H2,1-3H3. The smallest absolute Gasteiger partial charge is 0.133 e. The number of pyridine rings is 1. The highest BCUT2D eigenvalue weighted by Gasteiger charge is 2.17. The topological polar surface area (TPSA) is 45.4 Å². The van der Waals surface area contributed by atoms with Gasteiger partial charge in [0.2, 0.25) is 0 Å². The highest BCUT2D eigenvalue weighted by molar-refractivity contribution is 5.50. The van der Waals surface area contributed by atoms with Crippen molar-refractivity contribution in [2.24, 2.45) is 5.73 Å². The predicted octanol–water partition coefficient (Wildman–Crippen LogP) is 1.42. The number of fused-ring (bicyclic) bond motifs is 1. The molecule has 2 rings (SSSR count). The van der Waals surface area contributed by atoms with Crippen LogP contribution in [0.4, 0.5) is 5.82 Å². The lowest BCUT2D eigenvalue weighted by Crippen LogP contribution is -2.25. The minimum Gasteiger partial charge on any atom is -0.359 e. The lowest BCUT2D eigenvalue weighted by atomic mass is 10.1. The van der Waals surface area contributed by atoms with E-state index in [4.69, 9.17) is 10.7 Å². The summed E-state index contributed by atoms with van der Waals surface area (Å²) in [4.78, 5) is 9.32. The maximum absolute atomic E-state index is 5.88. The van der Waals surface area contributed by atoms with Crippen molar-refractivity contribution in [1.82, 2.24) is 9.88 Å². The molecule has 0 radical (unpaired) electrons. The van der Waals surface area contributed by atoms with E-state index in [-0.39, 0.29) is 0 Å². The van der Waals surface area contributed by atoms with E-state index in [2.05, 4.69) is 37.0 Å². The fourth-order valence-electron chi connectivity index (χ4n) is 2.72. The van der Waals surface area contributed by atoms with Crippen molar-refractivity contribution in [1.29, 1.82) is 0 Å². The fraction of sp³-hybridized carbons (Fsp3) is 0.667. The lowest BCUT2D eigenvalue weighted by Gasteiger charge is -2.23. The van der Waals surface area contributed by atoms with Gasteiger partial charge in [0, 0.05) is 31.4 Å². The number of aryl methyl sites for hydroxylation is 2. The van der Waals surface area contributed by atoms with Crippen molar-refractivity contribution >= 4 is 5.82 Å². The summed E-state index contributed by atoms with van der Waals surface area (Å²) in [7, 11) is 6.34. The van der Waals surface area contributed by atoms with Crippen LogP contribution in [0.1, 0.15) is 29.7 Å². The minimum atomic E-state index is 0.577. The molecule has 19 heavy (non-hydrogen) atoms. The van der Waals surface area contributed by atoms with Crippen molar-refractivity contribution in [2.75, 3.05) is 39.1 Å². The Morgan fingerprint density at radius 2 is 2.00 bits per heavy atom. The number of nitrogens with two attached hydrogens (primary N) is 1. The van der Waals surface area contributed by atoms with Gasteiger partial charge >= 0.3 is 0 Å². The van der Waals surface area contributed by atoms with E-state index in [9.17, 15) is 0 Å². The van der Waals surface area contributed by atoms with Crippen LogP contribution < -0.4 is 10.6 Å². The Bertz CT molecular complexity index is 428. The first-order valence-corrected chi connectivity index (χ1v) is 7.19. The summed E-state index contributed by atoms with van der Waals surface area (Å²) in [6.07, 6.45) is 4.67. The summed E-state index contributed by atoms with van der Waals surface area (Å²) in [6, 6.07) is 2.27. The van der Waals surface area contributed by atoms with Gasteiger partial charge in [0.1, 0.15) is 5.82 Å². The molecule has 0 atom stereocenters. The number of anilines is 1. The first-order chi connectivity index (χ1) is 9.11. The average molecular weight is 262 g/mol. The fourth-order valence-corrected chi connectivity index (χ4v) is 2.72. The summed E-state index contributed by atoms with van der Waals surface area (Å²) >= 11 is 0. The monoisotopic (exact) mass is 262 g/mol. The molecule has 106 valence electrons. The lowest BCUT2D eigenvalue weighted by molar-refractivity contribution is 0.401. The van der Waals surface area contributed by atoms with Crippen molar-refractivity contribution in [2.45, 2.75) is 32.2 Å². The van der Waals surface area contributed by atoms with E-state index in [1.165, 1.54) is 29.7 Å². The zero-order valence-electron chi connectivity index (χ0n) is 12.4. The molecule has 4 heteroatoms. The van der Waals surface area contributed by atoms with Crippen LogP contribution in [0.25, 0.3) is 0 Å². The van der Waals surface area contributed by atoms with E-state index in [1.54, 1.807) is 0 Å². The van der Waals surface area contributed by atoms with Crippen LogP contribution in [0.2, 0.25) is 0 Å². The summed E-state index contributed by atoms with van der Waals surface area (Å²) in [6.45, 7) is 2.71. The molecule has 0 unspecified atom stereocenters. The molecular formula is C15H26N4. The normalized spacial score (nSPS) is 13.9. The Balaban J connectivity index is 2.09. The Morgan fingerprint density at radius 1 is 1.21 bits per heavy atom. The predicted molar refractivity (Wildman–Crippen MR) is 80.6 cm³/mol. The Hall–Kier alpha value is -1.13. The first kappa shape index (κ1) is 14.3. The second kappa shape index (κ2) is 6.35. The van der Waals surface area contributed by atoms with E-state index in [0.29, 0.717) is 6.54 Å². The van der Waals surface area contributed by atoms with Crippen LogP contribution in [0.15, 0.2) is 6.07 Å². The molecule has 4 nitrogen and oxygen atoms in total. The van der Waals surface area contributed by atoms with Crippen molar-refractivity contribution in [3.05, 3.63) is 22.9 Å². The number of hydrogen-bond acceptors (Lipinski definition) is 4. The van der Waals surface area contributed by atoms with Crippen LogP contribution in [0.5, 0.6) is 0 Å². The third kappa shape index (κ3) is 3.45. The number of rotatable bonds is 6. The van der Waals surface area contributed by atoms with E-state index in [1.807, 2.05) is 0 Å². The van der Waals surface area contributed by atoms with Crippen LogP contribution in [0.3, 0.4) is 0 Å². The van der Waals surface area contributed by atoms with Crippen molar-refractivity contribution in [3.63, 3.8) is 0 Å². The highest BCUT2D eigenvalue weighted by Crippen LogP contribution is 2.26. The van der Waals surface area contributed by atoms with Gasteiger partial charge in [0.05, 0.1) is 0 Å². The Kier molecular flexibility index (Phi) is 4.77. The van der Waals surface area contributed by atoms with Gasteiger partial charge in [0.15, 0.2) is 0 Å². The quantitative estimate of drug-likeness (QED) is 0.842. The van der Waals surface area contributed by atoms with E-state index >= 15 is 0 Å². The molecule has 1 aliphatic rings. The molecule has 1 aliphatic carbocycles. The number of aromatic nitrogens is 1. The maximum atomic E-state index is 5.88. The van der Waals surface area contributed by atoms with Gasteiger partial charge in [-0.25, -0.2) is 4.98 Å². The van der Waals surface area contributed by atoms with E-state index < -0.39 is 0 Å². The molecule has 1 aromatic rings. The second-order valence-corrected chi connectivity index (χ2v) is 5.71. The van der Waals surface area contributed by atoms with Crippen LogP contribution in [0, 0.1) is 0 Å². The minimum absolute atomic E-state index is 0.577. The molecule has 2 N–H and O–H groups in total. The Labute approximate surface area is 116 Å². The summed E-state index contributed by atoms with van der Waals surface area (Å²) in [5, 5.41) is 0. The molecule has 1 heterocycles. The zero-order valence-corrected chi connectivity index (χ0v) is 12.4. The third-order valence-corrected chi connectivity index (χ3v) is 3.79. The van der Waals surface area contributed by atoms with Gasteiger partial charge in [-0.1, -0.05) is 0 Å². The van der Waals surface area contributed by atoms with Crippen LogP contribution >= 0.6 is 0 Å². The van der Waals surface area contributed by atoms with Gasteiger partial charge in [-0.15, -0.1) is 0 Å². The summed E-state index contributed by atoms with van der Waals surface area (Å²) in [5.41, 5.74) is 9.76. The molecule has 0 fully saturated rings. The SMILES string of the molecule is CN(C)CCCN(C)c1nc2c(cc1CN)CCC2. The van der Waals surface area contributed by atoms with Crippen molar-refractivity contribution in [3.8, 4) is 0 Å². The number of nitrogens with zero attached hydrogens (tertiary/aromatic N) is 3. The third-order valence-electron chi connectivity index (χ3n) is 3.79. The molecule has 1 aromatic heterocycles. The van der Waals surface area contributed by atoms with Crippen molar-refractivity contribution < 1.29 is 0 Å². The molecule has 0 saturated carbocycles.